The zero-order valence-electron chi connectivity index (χ0n) is 13.8. The Morgan fingerprint density at radius 1 is 1.38 bits per heavy atom. The maximum absolute atomic E-state index is 12.5. The number of benzene rings is 1. The van der Waals surface area contributed by atoms with Gasteiger partial charge in [0.05, 0.1) is 10.2 Å². The van der Waals surface area contributed by atoms with Crippen LogP contribution in [0.1, 0.15) is 27.2 Å². The first-order valence-corrected chi connectivity index (χ1v) is 8.56. The fourth-order valence-electron chi connectivity index (χ4n) is 2.43. The highest BCUT2D eigenvalue weighted by atomic mass is 32.1. The van der Waals surface area contributed by atoms with Crippen molar-refractivity contribution in [3.8, 4) is 0 Å². The van der Waals surface area contributed by atoms with Crippen LogP contribution in [0.15, 0.2) is 24.3 Å². The molecular formula is C16H20N4O3S. The van der Waals surface area contributed by atoms with Gasteiger partial charge in [0, 0.05) is 6.54 Å². The van der Waals surface area contributed by atoms with E-state index in [0.717, 1.165) is 10.2 Å². The molecule has 2 N–H and O–H groups in total. The number of hydrazine groups is 1. The number of hydrogen-bond donors (Lipinski definition) is 2. The Morgan fingerprint density at radius 3 is 2.83 bits per heavy atom. The van der Waals surface area contributed by atoms with Gasteiger partial charge in [0.15, 0.2) is 5.13 Å². The minimum absolute atomic E-state index is 0.106. The molecular weight excluding hydrogens is 328 g/mol. The van der Waals surface area contributed by atoms with Crippen molar-refractivity contribution in [1.29, 1.82) is 0 Å². The van der Waals surface area contributed by atoms with Crippen molar-refractivity contribution in [3.05, 3.63) is 24.3 Å². The average Bonchev–Trinajstić information content (AvgIpc) is 3.06. The molecule has 2 heterocycles. The van der Waals surface area contributed by atoms with Crippen LogP contribution in [0.2, 0.25) is 0 Å². The number of aromatic nitrogens is 1. The molecule has 7 nitrogen and oxygen atoms in total. The Labute approximate surface area is 144 Å². The lowest BCUT2D eigenvalue weighted by Crippen LogP contribution is -2.49. The molecule has 8 heteroatoms. The number of carbonyl (C=O) groups is 2. The van der Waals surface area contributed by atoms with E-state index < -0.39 is 17.7 Å². The van der Waals surface area contributed by atoms with Crippen LogP contribution in [0.5, 0.6) is 0 Å². The van der Waals surface area contributed by atoms with Crippen molar-refractivity contribution in [2.45, 2.75) is 38.8 Å². The van der Waals surface area contributed by atoms with E-state index in [0.29, 0.717) is 18.1 Å². The third kappa shape index (κ3) is 3.65. The van der Waals surface area contributed by atoms with E-state index in [1.807, 2.05) is 24.3 Å². The standard InChI is InChI=1S/C16H20N4O3S/c1-16(2,3)23-15(22)19-18-11-8-9-20(13(11)21)14-17-10-6-4-5-7-12(10)24-14/h4-7,11,18H,8-9H2,1-3H3,(H,19,22)/t11-/m0/s1. The molecule has 0 saturated carbocycles. The molecule has 1 aliphatic heterocycles. The predicted molar refractivity (Wildman–Crippen MR) is 92.9 cm³/mol. The fraction of sp³-hybridized carbons (Fsp3) is 0.438. The maximum Gasteiger partial charge on any atom is 0.422 e. The number of nitrogens with zero attached hydrogens (tertiary/aromatic N) is 2. The van der Waals surface area contributed by atoms with Gasteiger partial charge in [-0.1, -0.05) is 23.5 Å². The van der Waals surface area contributed by atoms with Crippen molar-refractivity contribution in [2.24, 2.45) is 0 Å². The smallest absolute Gasteiger partial charge is 0.422 e. The number of hydrogen-bond acceptors (Lipinski definition) is 6. The first kappa shape index (κ1) is 16.7. The summed E-state index contributed by atoms with van der Waals surface area (Å²) >= 11 is 1.49. The van der Waals surface area contributed by atoms with E-state index in [1.165, 1.54) is 11.3 Å². The molecule has 1 atom stereocenters. The Balaban J connectivity index is 1.61. The number of thiazole rings is 1. The van der Waals surface area contributed by atoms with Gasteiger partial charge in [0.2, 0.25) is 5.91 Å². The largest absolute Gasteiger partial charge is 0.443 e. The lowest BCUT2D eigenvalue weighted by molar-refractivity contribution is -0.119. The van der Waals surface area contributed by atoms with Crippen LogP contribution in [-0.4, -0.2) is 35.2 Å². The van der Waals surface area contributed by atoms with Gasteiger partial charge in [0.1, 0.15) is 11.6 Å². The van der Waals surface area contributed by atoms with Crippen LogP contribution in [0.4, 0.5) is 9.93 Å². The van der Waals surface area contributed by atoms with E-state index >= 15 is 0 Å². The first-order chi connectivity index (χ1) is 11.3. The number of para-hydroxylation sites is 1. The lowest BCUT2D eigenvalue weighted by atomic mass is 10.2. The number of fused-ring (bicyclic) bond motifs is 1. The summed E-state index contributed by atoms with van der Waals surface area (Å²) in [4.78, 5) is 30.3. The molecule has 24 heavy (non-hydrogen) atoms. The summed E-state index contributed by atoms with van der Waals surface area (Å²) in [5, 5.41) is 0.683. The van der Waals surface area contributed by atoms with Gasteiger partial charge in [-0.25, -0.2) is 15.2 Å². The van der Waals surface area contributed by atoms with E-state index in [-0.39, 0.29) is 5.91 Å². The Bertz CT molecular complexity index is 735. The number of rotatable bonds is 3. The molecule has 1 fully saturated rings. The summed E-state index contributed by atoms with van der Waals surface area (Å²) in [7, 11) is 0. The van der Waals surface area contributed by atoms with Crippen molar-refractivity contribution in [2.75, 3.05) is 11.4 Å². The molecule has 2 amide bonds. The molecule has 1 aliphatic rings. The Morgan fingerprint density at radius 2 is 2.12 bits per heavy atom. The lowest BCUT2D eigenvalue weighted by Gasteiger charge is -2.21. The van der Waals surface area contributed by atoms with Gasteiger partial charge < -0.3 is 4.74 Å². The maximum atomic E-state index is 12.5. The highest BCUT2D eigenvalue weighted by Crippen LogP contribution is 2.31. The molecule has 0 unspecified atom stereocenters. The van der Waals surface area contributed by atoms with Crippen molar-refractivity contribution < 1.29 is 14.3 Å². The Kier molecular flexibility index (Phi) is 4.42. The quantitative estimate of drug-likeness (QED) is 0.833. The van der Waals surface area contributed by atoms with Crippen LogP contribution in [0, 0.1) is 0 Å². The minimum Gasteiger partial charge on any atom is -0.443 e. The van der Waals surface area contributed by atoms with Gasteiger partial charge >= 0.3 is 6.09 Å². The molecule has 0 radical (unpaired) electrons. The molecule has 0 bridgehead atoms. The molecule has 3 rings (SSSR count). The van der Waals surface area contributed by atoms with Crippen LogP contribution in [0.3, 0.4) is 0 Å². The molecule has 1 saturated heterocycles. The first-order valence-electron chi connectivity index (χ1n) is 7.75. The van der Waals surface area contributed by atoms with Crippen molar-refractivity contribution >= 4 is 38.7 Å². The predicted octanol–water partition coefficient (Wildman–Crippen LogP) is 2.43. The van der Waals surface area contributed by atoms with E-state index in [2.05, 4.69) is 15.8 Å². The summed E-state index contributed by atoms with van der Waals surface area (Å²) in [6.45, 7) is 5.90. The van der Waals surface area contributed by atoms with Crippen LogP contribution in [-0.2, 0) is 9.53 Å². The van der Waals surface area contributed by atoms with E-state index in [9.17, 15) is 9.59 Å². The van der Waals surface area contributed by atoms with E-state index in [4.69, 9.17) is 4.74 Å². The third-order valence-corrected chi connectivity index (χ3v) is 4.53. The highest BCUT2D eigenvalue weighted by Gasteiger charge is 2.34. The van der Waals surface area contributed by atoms with Crippen LogP contribution < -0.4 is 15.8 Å². The third-order valence-electron chi connectivity index (χ3n) is 3.47. The summed E-state index contributed by atoms with van der Waals surface area (Å²) in [5.74, 6) is -0.106. The molecule has 0 spiro atoms. The minimum atomic E-state index is -0.603. The second-order valence-electron chi connectivity index (χ2n) is 6.57. The SMILES string of the molecule is CC(C)(C)OC(=O)NN[C@H]1CCN(c2nc3ccccc3s2)C1=O. The zero-order valence-corrected chi connectivity index (χ0v) is 14.6. The van der Waals surface area contributed by atoms with Crippen molar-refractivity contribution in [1.82, 2.24) is 15.8 Å². The van der Waals surface area contributed by atoms with Gasteiger partial charge in [-0.3, -0.25) is 15.1 Å². The molecule has 128 valence electrons. The summed E-state index contributed by atoms with van der Waals surface area (Å²) in [6.07, 6.45) is -0.0152. The number of anilines is 1. The Hall–Kier alpha value is -2.19. The summed E-state index contributed by atoms with van der Waals surface area (Å²) in [5.41, 5.74) is 5.48. The van der Waals surface area contributed by atoms with Crippen LogP contribution >= 0.6 is 11.3 Å². The summed E-state index contributed by atoms with van der Waals surface area (Å²) < 4.78 is 6.18. The van der Waals surface area contributed by atoms with Crippen molar-refractivity contribution in [3.63, 3.8) is 0 Å². The van der Waals surface area contributed by atoms with E-state index in [1.54, 1.807) is 25.7 Å². The number of nitrogens with one attached hydrogen (secondary N) is 2. The number of carbonyl (C=O) groups excluding carboxylic acids is 2. The highest BCUT2D eigenvalue weighted by molar-refractivity contribution is 7.22. The molecule has 1 aromatic heterocycles. The summed E-state index contributed by atoms with van der Waals surface area (Å²) in [6, 6.07) is 7.30. The van der Waals surface area contributed by atoms with Gasteiger partial charge in [-0.2, -0.15) is 0 Å². The molecule has 1 aromatic carbocycles. The van der Waals surface area contributed by atoms with Crippen LogP contribution in [0.25, 0.3) is 10.2 Å². The monoisotopic (exact) mass is 348 g/mol. The van der Waals surface area contributed by atoms with Gasteiger partial charge in [-0.05, 0) is 39.3 Å². The molecule has 0 aliphatic carbocycles. The topological polar surface area (TPSA) is 83.6 Å². The fourth-order valence-corrected chi connectivity index (χ4v) is 3.43. The number of amides is 2. The average molecular weight is 348 g/mol. The second-order valence-corrected chi connectivity index (χ2v) is 7.58. The van der Waals surface area contributed by atoms with Gasteiger partial charge in [-0.15, -0.1) is 0 Å². The molecule has 2 aromatic rings. The normalized spacial score (nSPS) is 18.2. The number of ether oxygens (including phenoxy) is 1. The zero-order chi connectivity index (χ0) is 17.3. The van der Waals surface area contributed by atoms with Gasteiger partial charge in [0.25, 0.3) is 0 Å². The second kappa shape index (κ2) is 6.37.